The van der Waals surface area contributed by atoms with Crippen LogP contribution < -0.4 is 5.32 Å². The maximum atomic E-state index is 9.29. The second-order valence-corrected chi connectivity index (χ2v) is 2.62. The van der Waals surface area contributed by atoms with E-state index < -0.39 is 0 Å². The molecule has 0 aliphatic carbocycles. The van der Waals surface area contributed by atoms with Gasteiger partial charge in [-0.1, -0.05) is 0 Å². The summed E-state index contributed by atoms with van der Waals surface area (Å²) in [6.45, 7) is 3.47. The van der Waals surface area contributed by atoms with E-state index in [-0.39, 0.29) is 6.10 Å². The molecule has 0 aromatic heterocycles. The summed E-state index contributed by atoms with van der Waals surface area (Å²) in [6, 6.07) is 0. The first kappa shape index (κ1) is 7.59. The maximum absolute atomic E-state index is 9.29. The van der Waals surface area contributed by atoms with E-state index in [4.69, 9.17) is 0 Å². The molecule has 2 heteroatoms. The van der Waals surface area contributed by atoms with Gasteiger partial charge in [-0.3, -0.25) is 0 Å². The quantitative estimate of drug-likeness (QED) is 0.500. The Bertz CT molecular complexity index is 156. The van der Waals surface area contributed by atoms with Gasteiger partial charge in [-0.25, -0.2) is 0 Å². The molecule has 0 aromatic rings. The summed E-state index contributed by atoms with van der Waals surface area (Å²) in [6.07, 6.45) is 0.644. The van der Waals surface area contributed by atoms with Gasteiger partial charge in [0.25, 0.3) is 0 Å². The van der Waals surface area contributed by atoms with Gasteiger partial charge in [0.2, 0.25) is 0 Å². The van der Waals surface area contributed by atoms with Crippen molar-refractivity contribution in [1.82, 2.24) is 5.32 Å². The zero-order valence-corrected chi connectivity index (χ0v) is 6.22. The van der Waals surface area contributed by atoms with Crippen LogP contribution in [0.3, 0.4) is 0 Å². The first-order chi connectivity index (χ1) is 4.84. The fourth-order valence-corrected chi connectivity index (χ4v) is 1.16. The smallest absolute Gasteiger partial charge is 0.0713 e. The Morgan fingerprint density at radius 3 is 2.90 bits per heavy atom. The highest BCUT2D eigenvalue weighted by Crippen LogP contribution is 2.11. The number of aliphatic hydroxyl groups excluding tert-OH is 1. The van der Waals surface area contributed by atoms with Gasteiger partial charge in [0.05, 0.1) is 6.10 Å². The molecule has 2 N–H and O–H groups in total. The molecule has 0 bridgehead atoms. The maximum Gasteiger partial charge on any atom is 0.0713 e. The zero-order chi connectivity index (χ0) is 7.40. The molecule has 0 amide bonds. The van der Waals surface area contributed by atoms with Gasteiger partial charge in [0, 0.05) is 25.4 Å². The third-order valence-corrected chi connectivity index (χ3v) is 1.85. The van der Waals surface area contributed by atoms with Crippen molar-refractivity contribution in [2.75, 3.05) is 13.1 Å². The largest absolute Gasteiger partial charge is 0.391 e. The number of rotatable bonds is 1. The molecule has 2 atom stereocenters. The third-order valence-electron chi connectivity index (χ3n) is 1.85. The van der Waals surface area contributed by atoms with Gasteiger partial charge in [-0.15, -0.1) is 11.8 Å². The molecule has 1 aliphatic rings. The predicted octanol–water partition coefficient (Wildman–Crippen LogP) is -0.0199. The van der Waals surface area contributed by atoms with E-state index in [2.05, 4.69) is 17.2 Å². The van der Waals surface area contributed by atoms with Crippen molar-refractivity contribution in [3.63, 3.8) is 0 Å². The molecule has 0 spiro atoms. The van der Waals surface area contributed by atoms with Crippen LogP contribution in [0, 0.1) is 17.8 Å². The highest BCUT2D eigenvalue weighted by atomic mass is 16.3. The van der Waals surface area contributed by atoms with E-state index in [1.54, 1.807) is 0 Å². The van der Waals surface area contributed by atoms with Gasteiger partial charge >= 0.3 is 0 Å². The Labute approximate surface area is 61.6 Å². The minimum atomic E-state index is -0.180. The molecule has 1 fully saturated rings. The van der Waals surface area contributed by atoms with Crippen molar-refractivity contribution in [1.29, 1.82) is 0 Å². The molecule has 10 heavy (non-hydrogen) atoms. The fraction of sp³-hybridized carbons (Fsp3) is 0.750. The normalized spacial score (nSPS) is 31.4. The standard InChI is InChI=1S/C8H13NO/c1-2-3-4-7-5-9-6-8(7)10/h7-10H,4-6H2,1H3. The Kier molecular flexibility index (Phi) is 2.73. The third kappa shape index (κ3) is 1.73. The monoisotopic (exact) mass is 139 g/mol. The number of hydrogen-bond acceptors (Lipinski definition) is 2. The molecule has 2 nitrogen and oxygen atoms in total. The molecule has 0 aromatic carbocycles. The van der Waals surface area contributed by atoms with Crippen LogP contribution in [0.2, 0.25) is 0 Å². The summed E-state index contributed by atoms with van der Waals surface area (Å²) in [5.74, 6) is 6.15. The van der Waals surface area contributed by atoms with Gasteiger partial charge in [-0.05, 0) is 6.92 Å². The van der Waals surface area contributed by atoms with Crippen molar-refractivity contribution >= 4 is 0 Å². The van der Waals surface area contributed by atoms with Crippen molar-refractivity contribution in [3.05, 3.63) is 0 Å². The zero-order valence-electron chi connectivity index (χ0n) is 6.22. The fourth-order valence-electron chi connectivity index (χ4n) is 1.16. The first-order valence-corrected chi connectivity index (χ1v) is 3.63. The average Bonchev–Trinajstić information content (AvgIpc) is 2.31. The summed E-state index contributed by atoms with van der Waals surface area (Å²) in [5.41, 5.74) is 0. The van der Waals surface area contributed by atoms with Crippen LogP contribution in [0.15, 0.2) is 0 Å². The van der Waals surface area contributed by atoms with Gasteiger partial charge in [0.15, 0.2) is 0 Å². The van der Waals surface area contributed by atoms with Gasteiger partial charge < -0.3 is 10.4 Å². The molecule has 0 radical (unpaired) electrons. The summed E-state index contributed by atoms with van der Waals surface area (Å²) in [4.78, 5) is 0. The molecule has 1 heterocycles. The van der Waals surface area contributed by atoms with Gasteiger partial charge in [-0.2, -0.15) is 0 Å². The van der Waals surface area contributed by atoms with E-state index in [0.717, 1.165) is 19.5 Å². The molecule has 0 saturated carbocycles. The van der Waals surface area contributed by atoms with Crippen LogP contribution in [-0.2, 0) is 0 Å². The summed E-state index contributed by atoms with van der Waals surface area (Å²) in [5, 5.41) is 12.4. The van der Waals surface area contributed by atoms with Crippen LogP contribution >= 0.6 is 0 Å². The SMILES string of the molecule is CC#CCC1CNCC1O. The van der Waals surface area contributed by atoms with E-state index in [1.807, 2.05) is 6.92 Å². The van der Waals surface area contributed by atoms with Crippen molar-refractivity contribution in [3.8, 4) is 11.8 Å². The first-order valence-electron chi connectivity index (χ1n) is 3.63. The lowest BCUT2D eigenvalue weighted by molar-refractivity contribution is 0.150. The Morgan fingerprint density at radius 1 is 1.60 bits per heavy atom. The second kappa shape index (κ2) is 3.60. The van der Waals surface area contributed by atoms with Crippen LogP contribution in [0.5, 0.6) is 0 Å². The van der Waals surface area contributed by atoms with Crippen LogP contribution in [0.4, 0.5) is 0 Å². The molecule has 1 aliphatic heterocycles. The van der Waals surface area contributed by atoms with E-state index in [9.17, 15) is 5.11 Å². The average molecular weight is 139 g/mol. The van der Waals surface area contributed by atoms with Crippen LogP contribution in [0.1, 0.15) is 13.3 Å². The van der Waals surface area contributed by atoms with E-state index in [0.29, 0.717) is 5.92 Å². The van der Waals surface area contributed by atoms with Gasteiger partial charge in [0.1, 0.15) is 0 Å². The second-order valence-electron chi connectivity index (χ2n) is 2.62. The minimum Gasteiger partial charge on any atom is -0.391 e. The number of hydrogen-bond donors (Lipinski definition) is 2. The lowest BCUT2D eigenvalue weighted by Gasteiger charge is -2.07. The van der Waals surface area contributed by atoms with Crippen molar-refractivity contribution in [2.45, 2.75) is 19.4 Å². The lowest BCUT2D eigenvalue weighted by Crippen LogP contribution is -2.16. The molecular weight excluding hydrogens is 126 g/mol. The summed E-state index contributed by atoms with van der Waals surface area (Å²) in [7, 11) is 0. The summed E-state index contributed by atoms with van der Waals surface area (Å²) >= 11 is 0. The highest BCUT2D eigenvalue weighted by Gasteiger charge is 2.23. The summed E-state index contributed by atoms with van der Waals surface area (Å²) < 4.78 is 0. The van der Waals surface area contributed by atoms with Crippen LogP contribution in [0.25, 0.3) is 0 Å². The molecular formula is C8H13NO. The van der Waals surface area contributed by atoms with E-state index in [1.165, 1.54) is 0 Å². The topological polar surface area (TPSA) is 32.3 Å². The Morgan fingerprint density at radius 2 is 2.40 bits per heavy atom. The highest BCUT2D eigenvalue weighted by molar-refractivity contribution is 4.99. The van der Waals surface area contributed by atoms with Crippen molar-refractivity contribution < 1.29 is 5.11 Å². The molecule has 2 unspecified atom stereocenters. The minimum absolute atomic E-state index is 0.180. The lowest BCUT2D eigenvalue weighted by atomic mass is 10.0. The number of nitrogens with one attached hydrogen (secondary N) is 1. The Hall–Kier alpha value is -0.520. The van der Waals surface area contributed by atoms with E-state index >= 15 is 0 Å². The molecule has 56 valence electrons. The Balaban J connectivity index is 2.31. The predicted molar refractivity (Wildman–Crippen MR) is 40.4 cm³/mol. The number of β-amino-alcohol motifs (C(OH)–C–C–N with tert-alkyl or cyclic N) is 1. The number of aliphatic hydroxyl groups is 1. The van der Waals surface area contributed by atoms with Crippen molar-refractivity contribution in [2.24, 2.45) is 5.92 Å². The molecule has 1 saturated heterocycles. The van der Waals surface area contributed by atoms with Crippen LogP contribution in [-0.4, -0.2) is 24.3 Å². The molecule has 1 rings (SSSR count).